The summed E-state index contributed by atoms with van der Waals surface area (Å²) in [6.45, 7) is 5.84. The third-order valence-electron chi connectivity index (χ3n) is 5.07. The minimum Gasteiger partial charge on any atom is -0.493 e. The quantitative estimate of drug-likeness (QED) is 0.689. The van der Waals surface area contributed by atoms with Crippen molar-refractivity contribution in [3.8, 4) is 11.5 Å². The highest BCUT2D eigenvalue weighted by atomic mass is 16.5. The van der Waals surface area contributed by atoms with Gasteiger partial charge in [-0.15, -0.1) is 0 Å². The van der Waals surface area contributed by atoms with Gasteiger partial charge in [-0.3, -0.25) is 14.5 Å². The van der Waals surface area contributed by atoms with Crippen molar-refractivity contribution in [1.82, 2.24) is 20.3 Å². The summed E-state index contributed by atoms with van der Waals surface area (Å²) in [7, 11) is 3.15. The second kappa shape index (κ2) is 10.1. The summed E-state index contributed by atoms with van der Waals surface area (Å²) in [5.41, 5.74) is 1.21. The van der Waals surface area contributed by atoms with Crippen molar-refractivity contribution >= 4 is 11.8 Å². The zero-order chi connectivity index (χ0) is 21.5. The molecule has 162 valence electrons. The molecule has 2 aromatic rings. The van der Waals surface area contributed by atoms with Crippen molar-refractivity contribution < 1.29 is 23.6 Å². The number of benzene rings is 1. The number of nitrogens with one attached hydrogen (secondary N) is 1. The van der Waals surface area contributed by atoms with E-state index in [0.29, 0.717) is 42.6 Å². The Bertz CT molecular complexity index is 874. The summed E-state index contributed by atoms with van der Waals surface area (Å²) < 4.78 is 15.5. The molecule has 0 saturated carbocycles. The van der Waals surface area contributed by atoms with Gasteiger partial charge in [-0.1, -0.05) is 11.2 Å². The molecular formula is C21H28N4O5. The summed E-state index contributed by atoms with van der Waals surface area (Å²) in [4.78, 5) is 28.6. The van der Waals surface area contributed by atoms with E-state index in [1.807, 2.05) is 12.1 Å². The molecule has 1 aliphatic rings. The number of piperazine rings is 1. The van der Waals surface area contributed by atoms with Gasteiger partial charge in [0.2, 0.25) is 5.91 Å². The third-order valence-corrected chi connectivity index (χ3v) is 5.07. The molecule has 2 heterocycles. The molecule has 0 unspecified atom stereocenters. The Labute approximate surface area is 175 Å². The third kappa shape index (κ3) is 5.50. The van der Waals surface area contributed by atoms with E-state index in [1.54, 1.807) is 38.2 Å². The number of nitrogens with zero attached hydrogens (tertiary/aromatic N) is 3. The van der Waals surface area contributed by atoms with Crippen LogP contribution in [0.15, 0.2) is 28.8 Å². The predicted octanol–water partition coefficient (Wildman–Crippen LogP) is 1.12. The highest BCUT2D eigenvalue weighted by Gasteiger charge is 2.24. The van der Waals surface area contributed by atoms with E-state index in [1.165, 1.54) is 0 Å². The summed E-state index contributed by atoms with van der Waals surface area (Å²) in [5, 5.41) is 6.74. The van der Waals surface area contributed by atoms with Crippen molar-refractivity contribution in [3.05, 3.63) is 41.3 Å². The molecule has 1 aromatic carbocycles. The molecule has 1 N–H and O–H groups in total. The molecular weight excluding hydrogens is 388 g/mol. The fourth-order valence-electron chi connectivity index (χ4n) is 3.40. The van der Waals surface area contributed by atoms with Gasteiger partial charge in [-0.25, -0.2) is 0 Å². The number of carbonyl (C=O) groups excluding carboxylic acids is 2. The van der Waals surface area contributed by atoms with Gasteiger partial charge in [0.15, 0.2) is 17.2 Å². The fourth-order valence-corrected chi connectivity index (χ4v) is 3.40. The largest absolute Gasteiger partial charge is 0.493 e. The van der Waals surface area contributed by atoms with E-state index < -0.39 is 0 Å². The summed E-state index contributed by atoms with van der Waals surface area (Å²) in [6, 6.07) is 7.11. The molecule has 1 saturated heterocycles. The molecule has 0 spiro atoms. The second-order valence-electron chi connectivity index (χ2n) is 7.17. The average Bonchev–Trinajstić information content (AvgIpc) is 3.20. The van der Waals surface area contributed by atoms with Crippen molar-refractivity contribution in [2.45, 2.75) is 13.3 Å². The van der Waals surface area contributed by atoms with E-state index in [-0.39, 0.29) is 18.2 Å². The Morgan fingerprint density at radius 2 is 1.83 bits per heavy atom. The molecule has 0 bridgehead atoms. The minimum atomic E-state index is -0.102. The van der Waals surface area contributed by atoms with Gasteiger partial charge in [-0.2, -0.15) is 0 Å². The number of aryl methyl sites for hydroxylation is 1. The predicted molar refractivity (Wildman–Crippen MR) is 110 cm³/mol. The number of amides is 2. The zero-order valence-electron chi connectivity index (χ0n) is 17.6. The van der Waals surface area contributed by atoms with Crippen LogP contribution >= 0.6 is 0 Å². The maximum Gasteiger partial charge on any atom is 0.276 e. The summed E-state index contributed by atoms with van der Waals surface area (Å²) in [6.07, 6.45) is 0.278. The van der Waals surface area contributed by atoms with E-state index in [2.05, 4.69) is 15.4 Å². The van der Waals surface area contributed by atoms with Crippen LogP contribution in [0, 0.1) is 6.92 Å². The van der Waals surface area contributed by atoms with Crippen molar-refractivity contribution in [2.75, 3.05) is 53.5 Å². The standard InChI is InChI=1S/C21H28N4O5/c1-15-12-17(23-30-15)21(27)25-10-8-24(9-11-25)7-6-22-20(26)14-16-4-5-18(28-2)19(13-16)29-3/h4-5,12-13H,6-11,14H2,1-3H3,(H,22,26). The van der Waals surface area contributed by atoms with Gasteiger partial charge in [0.05, 0.1) is 20.6 Å². The smallest absolute Gasteiger partial charge is 0.276 e. The van der Waals surface area contributed by atoms with Crippen LogP contribution in [0.1, 0.15) is 21.8 Å². The van der Waals surface area contributed by atoms with Gasteiger partial charge in [0.1, 0.15) is 5.76 Å². The van der Waals surface area contributed by atoms with E-state index in [9.17, 15) is 9.59 Å². The lowest BCUT2D eigenvalue weighted by Crippen LogP contribution is -2.50. The van der Waals surface area contributed by atoms with Crippen LogP contribution in [0.25, 0.3) is 0 Å². The highest BCUT2D eigenvalue weighted by molar-refractivity contribution is 5.92. The van der Waals surface area contributed by atoms with E-state index in [0.717, 1.165) is 25.2 Å². The number of hydrogen-bond acceptors (Lipinski definition) is 7. The molecule has 0 aliphatic carbocycles. The maximum absolute atomic E-state index is 12.4. The zero-order valence-corrected chi connectivity index (χ0v) is 17.6. The van der Waals surface area contributed by atoms with Crippen LogP contribution in [0.3, 0.4) is 0 Å². The van der Waals surface area contributed by atoms with Crippen LogP contribution in [0.5, 0.6) is 11.5 Å². The molecule has 30 heavy (non-hydrogen) atoms. The van der Waals surface area contributed by atoms with Crippen molar-refractivity contribution in [3.63, 3.8) is 0 Å². The van der Waals surface area contributed by atoms with Crippen molar-refractivity contribution in [1.29, 1.82) is 0 Å². The first-order chi connectivity index (χ1) is 14.5. The molecule has 1 fully saturated rings. The molecule has 9 nitrogen and oxygen atoms in total. The molecule has 3 rings (SSSR count). The van der Waals surface area contributed by atoms with Crippen molar-refractivity contribution in [2.24, 2.45) is 0 Å². The first-order valence-corrected chi connectivity index (χ1v) is 9.92. The Hall–Kier alpha value is -3.07. The monoisotopic (exact) mass is 416 g/mol. The number of carbonyl (C=O) groups is 2. The number of rotatable bonds is 8. The Balaban J connectivity index is 1.38. The van der Waals surface area contributed by atoms with E-state index in [4.69, 9.17) is 14.0 Å². The van der Waals surface area contributed by atoms with Gasteiger partial charge in [0.25, 0.3) is 5.91 Å². The lowest BCUT2D eigenvalue weighted by Gasteiger charge is -2.34. The number of hydrogen-bond donors (Lipinski definition) is 1. The SMILES string of the molecule is COc1ccc(CC(=O)NCCN2CCN(C(=O)c3cc(C)on3)CC2)cc1OC. The van der Waals surface area contributed by atoms with Gasteiger partial charge in [0, 0.05) is 45.3 Å². The number of ether oxygens (including phenoxy) is 2. The lowest BCUT2D eigenvalue weighted by atomic mass is 10.1. The van der Waals surface area contributed by atoms with Crippen LogP contribution in [-0.2, 0) is 11.2 Å². The van der Waals surface area contributed by atoms with Crippen LogP contribution < -0.4 is 14.8 Å². The van der Waals surface area contributed by atoms with Crippen LogP contribution in [0.4, 0.5) is 0 Å². The van der Waals surface area contributed by atoms with Crippen LogP contribution in [-0.4, -0.2) is 80.3 Å². The van der Waals surface area contributed by atoms with E-state index >= 15 is 0 Å². The van der Waals surface area contributed by atoms with Gasteiger partial charge >= 0.3 is 0 Å². The number of methoxy groups -OCH3 is 2. The molecule has 2 amide bonds. The topological polar surface area (TPSA) is 97.1 Å². The number of aromatic nitrogens is 1. The Morgan fingerprint density at radius 1 is 1.10 bits per heavy atom. The molecule has 0 radical (unpaired) electrons. The summed E-state index contributed by atoms with van der Waals surface area (Å²) in [5.74, 6) is 1.72. The van der Waals surface area contributed by atoms with Gasteiger partial charge < -0.3 is 24.2 Å². The van der Waals surface area contributed by atoms with Gasteiger partial charge in [-0.05, 0) is 24.6 Å². The Morgan fingerprint density at radius 3 is 2.47 bits per heavy atom. The molecule has 1 aromatic heterocycles. The minimum absolute atomic E-state index is 0.0440. The Kier molecular flexibility index (Phi) is 7.29. The first kappa shape index (κ1) is 21.6. The lowest BCUT2D eigenvalue weighted by molar-refractivity contribution is -0.120. The molecule has 1 aliphatic heterocycles. The van der Waals surface area contributed by atoms with Crippen LogP contribution in [0.2, 0.25) is 0 Å². The average molecular weight is 416 g/mol. The first-order valence-electron chi connectivity index (χ1n) is 9.92. The molecule has 0 atom stereocenters. The second-order valence-corrected chi connectivity index (χ2v) is 7.17. The normalized spacial score (nSPS) is 14.4. The maximum atomic E-state index is 12.4. The molecule has 9 heteroatoms. The fraction of sp³-hybridized carbons (Fsp3) is 0.476. The highest BCUT2D eigenvalue weighted by Crippen LogP contribution is 2.27. The summed E-state index contributed by atoms with van der Waals surface area (Å²) >= 11 is 0.